The Hall–Kier alpha value is -1.54. The third-order valence-corrected chi connectivity index (χ3v) is 6.93. The molecule has 0 N–H and O–H groups in total. The van der Waals surface area contributed by atoms with Crippen molar-refractivity contribution in [1.29, 1.82) is 0 Å². The van der Waals surface area contributed by atoms with Crippen LogP contribution in [-0.4, -0.2) is 37.8 Å². The summed E-state index contributed by atoms with van der Waals surface area (Å²) >= 11 is 1.54. The van der Waals surface area contributed by atoms with E-state index in [-0.39, 0.29) is 16.8 Å². The van der Waals surface area contributed by atoms with Crippen LogP contribution in [0.5, 0.6) is 0 Å². The van der Waals surface area contributed by atoms with Crippen LogP contribution in [0.3, 0.4) is 0 Å². The Bertz CT molecular complexity index is 807. The molecule has 0 aliphatic carbocycles. The lowest BCUT2D eigenvalue weighted by atomic mass is 10.2. The molecule has 1 saturated heterocycles. The van der Waals surface area contributed by atoms with Crippen LogP contribution in [0.25, 0.3) is 0 Å². The molecule has 1 aromatic heterocycles. The number of ketones is 1. The normalized spacial score (nSPS) is 17.9. The van der Waals surface area contributed by atoms with Gasteiger partial charge in [-0.1, -0.05) is 18.2 Å². The van der Waals surface area contributed by atoms with Gasteiger partial charge in [0.15, 0.2) is 5.78 Å². The minimum Gasteiger partial charge on any atom is -0.377 e. The van der Waals surface area contributed by atoms with E-state index in [1.54, 1.807) is 12.1 Å². The van der Waals surface area contributed by atoms with Gasteiger partial charge < -0.3 is 4.74 Å². The van der Waals surface area contributed by atoms with Gasteiger partial charge in [0, 0.05) is 30.1 Å². The summed E-state index contributed by atoms with van der Waals surface area (Å²) in [7, 11) is -3.66. The van der Waals surface area contributed by atoms with E-state index in [2.05, 4.69) is 0 Å². The fourth-order valence-corrected chi connectivity index (χ4v) is 5.10. The van der Waals surface area contributed by atoms with Crippen molar-refractivity contribution in [1.82, 2.24) is 4.31 Å². The number of nitrogens with zero attached hydrogens (tertiary/aromatic N) is 1. The molecule has 1 aromatic carbocycles. The molecule has 1 aliphatic heterocycles. The molecule has 5 nitrogen and oxygen atoms in total. The summed E-state index contributed by atoms with van der Waals surface area (Å²) in [5, 5.41) is 1.94. The van der Waals surface area contributed by atoms with E-state index in [0.29, 0.717) is 25.3 Å². The SMILES string of the molecule is CC(=O)c1ccc(S(=O)(=O)N(Cc2cccs2)C[C@@H]2CCCO2)cc1. The van der Waals surface area contributed by atoms with E-state index in [1.165, 1.54) is 34.7 Å². The lowest BCUT2D eigenvalue weighted by Gasteiger charge is -2.24. The largest absolute Gasteiger partial charge is 0.377 e. The van der Waals surface area contributed by atoms with Gasteiger partial charge in [-0.15, -0.1) is 11.3 Å². The molecule has 0 saturated carbocycles. The molecular formula is C18H21NO4S2. The zero-order valence-corrected chi connectivity index (χ0v) is 15.7. The van der Waals surface area contributed by atoms with Gasteiger partial charge in [-0.2, -0.15) is 4.31 Å². The predicted octanol–water partition coefficient (Wildman–Crippen LogP) is 3.32. The third kappa shape index (κ3) is 4.36. The first-order valence-electron chi connectivity index (χ1n) is 8.22. The molecule has 1 atom stereocenters. The quantitative estimate of drug-likeness (QED) is 0.692. The third-order valence-electron chi connectivity index (χ3n) is 4.24. The minimum atomic E-state index is -3.66. The van der Waals surface area contributed by atoms with Crippen molar-refractivity contribution in [2.75, 3.05) is 13.2 Å². The number of hydrogen-bond acceptors (Lipinski definition) is 5. The summed E-state index contributed by atoms with van der Waals surface area (Å²) in [6, 6.07) is 9.97. The Morgan fingerprint density at radius 2 is 2.04 bits per heavy atom. The summed E-state index contributed by atoms with van der Waals surface area (Å²) in [4.78, 5) is 12.6. The van der Waals surface area contributed by atoms with E-state index in [1.807, 2.05) is 17.5 Å². The molecule has 0 amide bonds. The molecule has 2 heterocycles. The summed E-state index contributed by atoms with van der Waals surface area (Å²) in [5.74, 6) is -0.0845. The van der Waals surface area contributed by atoms with Gasteiger partial charge in [0.1, 0.15) is 0 Å². The fourth-order valence-electron chi connectivity index (χ4n) is 2.85. The molecule has 134 valence electrons. The smallest absolute Gasteiger partial charge is 0.243 e. The Labute approximate surface area is 152 Å². The summed E-state index contributed by atoms with van der Waals surface area (Å²) in [6.07, 6.45) is 1.77. The van der Waals surface area contributed by atoms with Crippen LogP contribution in [-0.2, 0) is 21.3 Å². The second kappa shape index (κ2) is 7.78. The molecule has 2 aromatic rings. The van der Waals surface area contributed by atoms with Crippen molar-refractivity contribution in [2.24, 2.45) is 0 Å². The highest BCUT2D eigenvalue weighted by atomic mass is 32.2. The number of carbonyl (C=O) groups is 1. The van der Waals surface area contributed by atoms with Crippen molar-refractivity contribution in [3.63, 3.8) is 0 Å². The molecule has 1 aliphatic rings. The second-order valence-electron chi connectivity index (χ2n) is 6.09. The van der Waals surface area contributed by atoms with E-state index in [4.69, 9.17) is 4.74 Å². The van der Waals surface area contributed by atoms with E-state index >= 15 is 0 Å². The Kier molecular flexibility index (Phi) is 5.68. The zero-order chi connectivity index (χ0) is 17.9. The molecule has 0 spiro atoms. The maximum absolute atomic E-state index is 13.1. The van der Waals surface area contributed by atoms with Crippen LogP contribution in [0.4, 0.5) is 0 Å². The molecule has 0 radical (unpaired) electrons. The number of rotatable bonds is 7. The summed E-state index contributed by atoms with van der Waals surface area (Å²) in [5.41, 5.74) is 0.503. The number of thiophene rings is 1. The van der Waals surface area contributed by atoms with E-state index < -0.39 is 10.0 Å². The molecule has 7 heteroatoms. The molecule has 0 unspecified atom stereocenters. The molecule has 25 heavy (non-hydrogen) atoms. The highest BCUT2D eigenvalue weighted by Gasteiger charge is 2.29. The topological polar surface area (TPSA) is 63.7 Å². The van der Waals surface area contributed by atoms with Crippen LogP contribution in [0.1, 0.15) is 35.0 Å². The maximum Gasteiger partial charge on any atom is 0.243 e. The first-order chi connectivity index (χ1) is 12.0. The number of benzene rings is 1. The average Bonchev–Trinajstić information content (AvgIpc) is 3.28. The van der Waals surface area contributed by atoms with Crippen molar-refractivity contribution >= 4 is 27.1 Å². The van der Waals surface area contributed by atoms with Crippen LogP contribution >= 0.6 is 11.3 Å². The van der Waals surface area contributed by atoms with Crippen LogP contribution in [0.2, 0.25) is 0 Å². The minimum absolute atomic E-state index is 0.0637. The van der Waals surface area contributed by atoms with Crippen molar-refractivity contribution in [3.05, 3.63) is 52.2 Å². The number of hydrogen-bond donors (Lipinski definition) is 0. The first kappa shape index (κ1) is 18.3. The molecule has 0 bridgehead atoms. The fraction of sp³-hybridized carbons (Fsp3) is 0.389. The van der Waals surface area contributed by atoms with Crippen LogP contribution in [0, 0.1) is 0 Å². The highest BCUT2D eigenvalue weighted by Crippen LogP contribution is 2.24. The first-order valence-corrected chi connectivity index (χ1v) is 10.5. The lowest BCUT2D eigenvalue weighted by Crippen LogP contribution is -2.36. The second-order valence-corrected chi connectivity index (χ2v) is 9.06. The van der Waals surface area contributed by atoms with E-state index in [0.717, 1.165) is 17.7 Å². The highest BCUT2D eigenvalue weighted by molar-refractivity contribution is 7.89. The van der Waals surface area contributed by atoms with Gasteiger partial charge >= 0.3 is 0 Å². The molecule has 3 rings (SSSR count). The Balaban J connectivity index is 1.87. The Morgan fingerprint density at radius 1 is 1.28 bits per heavy atom. The lowest BCUT2D eigenvalue weighted by molar-refractivity contribution is 0.0927. The van der Waals surface area contributed by atoms with Gasteiger partial charge in [0.25, 0.3) is 0 Å². The Morgan fingerprint density at radius 3 is 2.60 bits per heavy atom. The van der Waals surface area contributed by atoms with E-state index in [9.17, 15) is 13.2 Å². The molecule has 1 fully saturated rings. The number of carbonyl (C=O) groups excluding carboxylic acids is 1. The maximum atomic E-state index is 13.1. The molecular weight excluding hydrogens is 358 g/mol. The van der Waals surface area contributed by atoms with Crippen LogP contribution < -0.4 is 0 Å². The standard InChI is InChI=1S/C18H21NO4S2/c1-14(20)15-6-8-18(9-7-15)25(21,22)19(12-16-4-2-10-23-16)13-17-5-3-11-24-17/h3,5-9,11,16H,2,4,10,12-13H2,1H3/t16-/m0/s1. The van der Waals surface area contributed by atoms with Gasteiger partial charge in [-0.3, -0.25) is 4.79 Å². The van der Waals surface area contributed by atoms with Gasteiger partial charge in [0.2, 0.25) is 10.0 Å². The van der Waals surface area contributed by atoms with Crippen molar-refractivity contribution in [3.8, 4) is 0 Å². The van der Waals surface area contributed by atoms with Gasteiger partial charge in [-0.25, -0.2) is 8.42 Å². The van der Waals surface area contributed by atoms with Gasteiger partial charge in [0.05, 0.1) is 11.0 Å². The summed E-state index contributed by atoms with van der Waals surface area (Å²) < 4.78 is 33.4. The monoisotopic (exact) mass is 379 g/mol. The zero-order valence-electron chi connectivity index (χ0n) is 14.1. The number of Topliss-reactive ketones (excluding diaryl/α,β-unsaturated/α-hetero) is 1. The average molecular weight is 380 g/mol. The van der Waals surface area contributed by atoms with Crippen molar-refractivity contribution in [2.45, 2.75) is 37.3 Å². The van der Waals surface area contributed by atoms with Crippen molar-refractivity contribution < 1.29 is 17.9 Å². The number of ether oxygens (including phenoxy) is 1. The number of sulfonamides is 1. The predicted molar refractivity (Wildman–Crippen MR) is 97.3 cm³/mol. The summed E-state index contributed by atoms with van der Waals surface area (Å²) in [6.45, 7) is 2.82. The van der Waals surface area contributed by atoms with Crippen LogP contribution in [0.15, 0.2) is 46.7 Å². The van der Waals surface area contributed by atoms with Gasteiger partial charge in [-0.05, 0) is 43.3 Å².